The number of aryl methyl sites for hydroxylation is 2. The number of anilines is 2. The number of benzene rings is 2. The second kappa shape index (κ2) is 6.77. The molecule has 0 aliphatic carbocycles. The van der Waals surface area contributed by atoms with E-state index in [1.807, 2.05) is 19.9 Å². The van der Waals surface area contributed by atoms with Crippen molar-refractivity contribution in [3.63, 3.8) is 0 Å². The van der Waals surface area contributed by atoms with E-state index in [9.17, 15) is 14.4 Å². The van der Waals surface area contributed by atoms with Crippen molar-refractivity contribution < 1.29 is 14.4 Å². The predicted molar refractivity (Wildman–Crippen MR) is 101 cm³/mol. The van der Waals surface area contributed by atoms with Crippen molar-refractivity contribution >= 4 is 40.6 Å². The van der Waals surface area contributed by atoms with Crippen molar-refractivity contribution in [2.24, 2.45) is 0 Å². The normalized spacial score (nSPS) is 14.2. The molecular weight excluding hydrogens is 352 g/mol. The van der Waals surface area contributed by atoms with Crippen LogP contribution in [0.25, 0.3) is 0 Å². The third-order valence-corrected chi connectivity index (χ3v) is 4.69. The Morgan fingerprint density at radius 1 is 0.962 bits per heavy atom. The molecule has 1 N–H and O–H groups in total. The minimum absolute atomic E-state index is 0.0190. The SMILES string of the molecule is CC(=O)c1ccc(NC2=C(Cl)C(=O)N(c3ccc(C)c(C)c3)C2=O)cc1. The standard InChI is InChI=1S/C20H17ClN2O3/c1-11-4-9-16(10-12(11)2)23-19(25)17(21)18(20(23)26)22-15-7-5-14(6-8-15)13(3)24/h4-10,22H,1-3H3. The lowest BCUT2D eigenvalue weighted by Crippen LogP contribution is -2.32. The Kier molecular flexibility index (Phi) is 4.66. The van der Waals surface area contributed by atoms with E-state index in [-0.39, 0.29) is 16.5 Å². The summed E-state index contributed by atoms with van der Waals surface area (Å²) < 4.78 is 0. The number of imide groups is 1. The van der Waals surface area contributed by atoms with Crippen LogP contribution in [0.1, 0.15) is 28.4 Å². The number of Topliss-reactive ketones (excluding diaryl/α,β-unsaturated/α-hetero) is 1. The molecule has 2 aromatic rings. The Morgan fingerprint density at radius 2 is 1.62 bits per heavy atom. The van der Waals surface area contributed by atoms with Gasteiger partial charge in [0.05, 0.1) is 5.69 Å². The number of hydrogen-bond donors (Lipinski definition) is 1. The molecule has 3 rings (SSSR count). The lowest BCUT2D eigenvalue weighted by atomic mass is 10.1. The molecule has 1 aliphatic heterocycles. The Labute approximate surface area is 156 Å². The summed E-state index contributed by atoms with van der Waals surface area (Å²) in [5, 5.41) is 2.72. The van der Waals surface area contributed by atoms with Crippen LogP contribution in [0.5, 0.6) is 0 Å². The van der Waals surface area contributed by atoms with E-state index in [2.05, 4.69) is 5.32 Å². The number of amides is 2. The number of hydrogen-bond acceptors (Lipinski definition) is 4. The Bertz CT molecular complexity index is 962. The molecule has 1 heterocycles. The smallest absolute Gasteiger partial charge is 0.283 e. The first-order chi connectivity index (χ1) is 12.3. The van der Waals surface area contributed by atoms with Gasteiger partial charge in [-0.15, -0.1) is 0 Å². The van der Waals surface area contributed by atoms with Gasteiger partial charge in [-0.1, -0.05) is 17.7 Å². The molecule has 1 aliphatic rings. The number of rotatable bonds is 4. The maximum atomic E-state index is 12.7. The van der Waals surface area contributed by atoms with Gasteiger partial charge in [0.1, 0.15) is 10.7 Å². The molecule has 132 valence electrons. The molecular formula is C20H17ClN2O3. The fraction of sp³-hybridized carbons (Fsp3) is 0.150. The second-order valence-corrected chi connectivity index (χ2v) is 6.54. The molecule has 0 spiro atoms. The van der Waals surface area contributed by atoms with E-state index in [0.717, 1.165) is 16.0 Å². The van der Waals surface area contributed by atoms with Crippen LogP contribution in [0.4, 0.5) is 11.4 Å². The first kappa shape index (κ1) is 17.9. The zero-order chi connectivity index (χ0) is 19.0. The lowest BCUT2D eigenvalue weighted by Gasteiger charge is -2.16. The summed E-state index contributed by atoms with van der Waals surface area (Å²) in [5.74, 6) is -1.14. The number of nitrogens with one attached hydrogen (secondary N) is 1. The minimum Gasteiger partial charge on any atom is -0.350 e. The zero-order valence-corrected chi connectivity index (χ0v) is 15.3. The van der Waals surface area contributed by atoms with Gasteiger partial charge in [-0.25, -0.2) is 4.90 Å². The molecule has 0 atom stereocenters. The number of nitrogens with zero attached hydrogens (tertiary/aromatic N) is 1. The minimum atomic E-state index is -0.567. The number of carbonyl (C=O) groups excluding carboxylic acids is 3. The van der Waals surface area contributed by atoms with E-state index in [1.165, 1.54) is 6.92 Å². The van der Waals surface area contributed by atoms with Crippen LogP contribution in [0, 0.1) is 13.8 Å². The van der Waals surface area contributed by atoms with E-state index in [1.54, 1.807) is 36.4 Å². The highest BCUT2D eigenvalue weighted by Crippen LogP contribution is 2.31. The van der Waals surface area contributed by atoms with Gasteiger partial charge in [0.25, 0.3) is 11.8 Å². The third kappa shape index (κ3) is 3.13. The summed E-state index contributed by atoms with van der Waals surface area (Å²) in [6.45, 7) is 5.34. The number of halogens is 1. The average Bonchev–Trinajstić information content (AvgIpc) is 2.81. The van der Waals surface area contributed by atoms with E-state index in [4.69, 9.17) is 11.6 Å². The van der Waals surface area contributed by atoms with Gasteiger partial charge in [0.15, 0.2) is 5.78 Å². The number of carbonyl (C=O) groups is 3. The lowest BCUT2D eigenvalue weighted by molar-refractivity contribution is -0.120. The van der Waals surface area contributed by atoms with Gasteiger partial charge in [-0.3, -0.25) is 14.4 Å². The topological polar surface area (TPSA) is 66.5 Å². The van der Waals surface area contributed by atoms with Crippen molar-refractivity contribution in [3.8, 4) is 0 Å². The highest BCUT2D eigenvalue weighted by molar-refractivity contribution is 6.53. The van der Waals surface area contributed by atoms with Gasteiger partial charge in [-0.05, 0) is 68.3 Å². The third-order valence-electron chi connectivity index (χ3n) is 4.34. The van der Waals surface area contributed by atoms with Crippen molar-refractivity contribution in [2.45, 2.75) is 20.8 Å². The fourth-order valence-corrected chi connectivity index (χ4v) is 2.86. The van der Waals surface area contributed by atoms with Gasteiger partial charge in [0, 0.05) is 11.3 Å². The second-order valence-electron chi connectivity index (χ2n) is 6.16. The predicted octanol–water partition coefficient (Wildman–Crippen LogP) is 3.94. The molecule has 0 radical (unpaired) electrons. The Morgan fingerprint density at radius 3 is 2.19 bits per heavy atom. The highest BCUT2D eigenvalue weighted by Gasteiger charge is 2.39. The van der Waals surface area contributed by atoms with Crippen LogP contribution in [0.2, 0.25) is 0 Å². The molecule has 0 aromatic heterocycles. The zero-order valence-electron chi connectivity index (χ0n) is 14.6. The maximum Gasteiger partial charge on any atom is 0.283 e. The Balaban J connectivity index is 1.88. The average molecular weight is 369 g/mol. The molecule has 6 heteroatoms. The summed E-state index contributed by atoms with van der Waals surface area (Å²) in [6, 6.07) is 11.9. The van der Waals surface area contributed by atoms with Crippen LogP contribution >= 0.6 is 11.6 Å². The summed E-state index contributed by atoms with van der Waals surface area (Å²) in [5.41, 5.74) is 3.65. The van der Waals surface area contributed by atoms with Crippen LogP contribution in [-0.2, 0) is 9.59 Å². The van der Waals surface area contributed by atoms with E-state index < -0.39 is 11.8 Å². The quantitative estimate of drug-likeness (QED) is 0.655. The summed E-state index contributed by atoms with van der Waals surface area (Å²) in [7, 11) is 0. The van der Waals surface area contributed by atoms with Crippen molar-refractivity contribution in [1.82, 2.24) is 0 Å². The fourth-order valence-electron chi connectivity index (χ4n) is 2.64. The largest absolute Gasteiger partial charge is 0.350 e. The molecule has 26 heavy (non-hydrogen) atoms. The molecule has 2 amide bonds. The monoisotopic (exact) mass is 368 g/mol. The molecule has 0 fully saturated rings. The van der Waals surface area contributed by atoms with Crippen LogP contribution in [0.3, 0.4) is 0 Å². The van der Waals surface area contributed by atoms with Crippen molar-refractivity contribution in [3.05, 3.63) is 69.9 Å². The van der Waals surface area contributed by atoms with Crippen molar-refractivity contribution in [2.75, 3.05) is 10.2 Å². The maximum absolute atomic E-state index is 12.7. The Hall–Kier alpha value is -2.92. The van der Waals surface area contributed by atoms with E-state index in [0.29, 0.717) is 16.9 Å². The van der Waals surface area contributed by atoms with Gasteiger partial charge < -0.3 is 5.32 Å². The van der Waals surface area contributed by atoms with Gasteiger partial charge in [-0.2, -0.15) is 0 Å². The molecule has 0 saturated heterocycles. The van der Waals surface area contributed by atoms with E-state index >= 15 is 0 Å². The number of ketones is 1. The molecule has 0 saturated carbocycles. The first-order valence-electron chi connectivity index (χ1n) is 8.03. The summed E-state index contributed by atoms with van der Waals surface area (Å²) in [6.07, 6.45) is 0. The molecule has 5 nitrogen and oxygen atoms in total. The molecule has 2 aromatic carbocycles. The van der Waals surface area contributed by atoms with Crippen LogP contribution in [-0.4, -0.2) is 17.6 Å². The van der Waals surface area contributed by atoms with Gasteiger partial charge >= 0.3 is 0 Å². The summed E-state index contributed by atoms with van der Waals surface area (Å²) >= 11 is 6.12. The highest BCUT2D eigenvalue weighted by atomic mass is 35.5. The van der Waals surface area contributed by atoms with Gasteiger partial charge in [0.2, 0.25) is 0 Å². The first-order valence-corrected chi connectivity index (χ1v) is 8.41. The molecule has 0 unspecified atom stereocenters. The summed E-state index contributed by atoms with van der Waals surface area (Å²) in [4.78, 5) is 37.6. The molecule has 0 bridgehead atoms. The van der Waals surface area contributed by atoms with Crippen LogP contribution in [0.15, 0.2) is 53.2 Å². The van der Waals surface area contributed by atoms with Crippen LogP contribution < -0.4 is 10.2 Å². The van der Waals surface area contributed by atoms with Crippen molar-refractivity contribution in [1.29, 1.82) is 0 Å².